The van der Waals surface area contributed by atoms with Gasteiger partial charge in [0.05, 0.1) is 11.5 Å². The van der Waals surface area contributed by atoms with Crippen LogP contribution >= 0.6 is 0 Å². The molecule has 1 amide bonds. The van der Waals surface area contributed by atoms with E-state index >= 15 is 0 Å². The van der Waals surface area contributed by atoms with Gasteiger partial charge < -0.3 is 9.88 Å². The van der Waals surface area contributed by atoms with Crippen LogP contribution in [0.3, 0.4) is 0 Å². The number of nitrogens with zero attached hydrogens (tertiary/aromatic N) is 1. The highest BCUT2D eigenvalue weighted by Gasteiger charge is 2.33. The van der Waals surface area contributed by atoms with Gasteiger partial charge in [0.2, 0.25) is 0 Å². The van der Waals surface area contributed by atoms with Crippen molar-refractivity contribution in [2.24, 2.45) is 0 Å². The van der Waals surface area contributed by atoms with Crippen molar-refractivity contribution in [3.8, 4) is 11.3 Å². The van der Waals surface area contributed by atoms with Gasteiger partial charge in [0.25, 0.3) is 11.5 Å². The minimum absolute atomic E-state index is 0.0153. The Hall–Kier alpha value is -2.41. The average Bonchev–Trinajstić information content (AvgIpc) is 2.94. The number of aromatic amines is 1. The molecule has 0 bridgehead atoms. The number of benzene rings is 1. The molecule has 1 saturated heterocycles. The third kappa shape index (κ3) is 3.26. The molecular weight excluding hydrogens is 328 g/mol. The zero-order chi connectivity index (χ0) is 17.3. The lowest BCUT2D eigenvalue weighted by Crippen LogP contribution is -2.40. The predicted molar refractivity (Wildman–Crippen MR) is 91.7 cm³/mol. The summed E-state index contributed by atoms with van der Waals surface area (Å²) < 4.78 is 23.1. The Kier molecular flexibility index (Phi) is 4.28. The Morgan fingerprint density at radius 1 is 1.17 bits per heavy atom. The number of aromatic nitrogens is 1. The quantitative estimate of drug-likeness (QED) is 0.907. The molecule has 2 heterocycles. The molecule has 1 unspecified atom stereocenters. The van der Waals surface area contributed by atoms with Gasteiger partial charge in [0, 0.05) is 18.8 Å². The van der Waals surface area contributed by atoms with Crippen molar-refractivity contribution in [1.29, 1.82) is 0 Å². The van der Waals surface area contributed by atoms with Crippen LogP contribution in [0, 0.1) is 0 Å². The van der Waals surface area contributed by atoms with Gasteiger partial charge in [0.1, 0.15) is 5.56 Å². The fourth-order valence-corrected chi connectivity index (χ4v) is 4.64. The largest absolute Gasteiger partial charge is 0.337 e. The normalized spacial score (nSPS) is 19.1. The number of hydrogen-bond donors (Lipinski definition) is 1. The van der Waals surface area contributed by atoms with Crippen LogP contribution in [0.5, 0.6) is 0 Å². The van der Waals surface area contributed by atoms with Crippen LogP contribution in [-0.4, -0.2) is 48.8 Å². The molecule has 0 saturated carbocycles. The smallest absolute Gasteiger partial charge is 0.261 e. The topological polar surface area (TPSA) is 87.3 Å². The van der Waals surface area contributed by atoms with Crippen molar-refractivity contribution < 1.29 is 13.2 Å². The first-order valence-corrected chi connectivity index (χ1v) is 9.46. The summed E-state index contributed by atoms with van der Waals surface area (Å²) in [6, 6.07) is 12.1. The minimum Gasteiger partial charge on any atom is -0.337 e. The highest BCUT2D eigenvalue weighted by Crippen LogP contribution is 2.19. The number of hydrogen-bond acceptors (Lipinski definition) is 4. The van der Waals surface area contributed by atoms with Crippen molar-refractivity contribution in [1.82, 2.24) is 9.88 Å². The lowest BCUT2D eigenvalue weighted by atomic mass is 10.1. The first kappa shape index (κ1) is 16.4. The number of amides is 1. The highest BCUT2D eigenvalue weighted by atomic mass is 32.2. The van der Waals surface area contributed by atoms with Crippen LogP contribution in [0.1, 0.15) is 16.8 Å². The second-order valence-electron chi connectivity index (χ2n) is 5.95. The molecule has 1 aromatic heterocycles. The van der Waals surface area contributed by atoms with Crippen LogP contribution < -0.4 is 5.56 Å². The van der Waals surface area contributed by atoms with Gasteiger partial charge in [0.15, 0.2) is 9.84 Å². The van der Waals surface area contributed by atoms with E-state index in [1.165, 1.54) is 11.0 Å². The Balaban J connectivity index is 1.85. The van der Waals surface area contributed by atoms with E-state index in [2.05, 4.69) is 4.98 Å². The maximum Gasteiger partial charge on any atom is 0.261 e. The summed E-state index contributed by atoms with van der Waals surface area (Å²) in [6.45, 7) is 0. The predicted octanol–water partition coefficient (Wildman–Crippen LogP) is 1.30. The Morgan fingerprint density at radius 3 is 2.46 bits per heavy atom. The second-order valence-corrected chi connectivity index (χ2v) is 8.18. The lowest BCUT2D eigenvalue weighted by molar-refractivity contribution is 0.0746. The molecule has 7 heteroatoms. The third-order valence-electron chi connectivity index (χ3n) is 4.30. The van der Waals surface area contributed by atoms with Gasteiger partial charge in [-0.3, -0.25) is 9.59 Å². The number of carbonyl (C=O) groups excluding carboxylic acids is 1. The first-order valence-electron chi connectivity index (χ1n) is 7.64. The average molecular weight is 346 g/mol. The van der Waals surface area contributed by atoms with Gasteiger partial charge in [-0.05, 0) is 24.1 Å². The first-order chi connectivity index (χ1) is 11.4. The summed E-state index contributed by atoms with van der Waals surface area (Å²) in [5.74, 6) is -0.425. The van der Waals surface area contributed by atoms with E-state index in [4.69, 9.17) is 0 Å². The van der Waals surface area contributed by atoms with E-state index in [-0.39, 0.29) is 23.1 Å². The Morgan fingerprint density at radius 2 is 1.88 bits per heavy atom. The van der Waals surface area contributed by atoms with E-state index in [0.717, 1.165) is 5.56 Å². The molecular formula is C17H18N2O4S. The summed E-state index contributed by atoms with van der Waals surface area (Å²) in [6.07, 6.45) is 0.407. The van der Waals surface area contributed by atoms with E-state index in [1.807, 2.05) is 30.3 Å². The van der Waals surface area contributed by atoms with Gasteiger partial charge >= 0.3 is 0 Å². The van der Waals surface area contributed by atoms with Crippen LogP contribution in [0.25, 0.3) is 11.3 Å². The zero-order valence-corrected chi connectivity index (χ0v) is 14.0. The van der Waals surface area contributed by atoms with Gasteiger partial charge in [-0.2, -0.15) is 0 Å². The van der Waals surface area contributed by atoms with E-state index in [9.17, 15) is 18.0 Å². The molecule has 1 fully saturated rings. The van der Waals surface area contributed by atoms with Crippen LogP contribution in [0.2, 0.25) is 0 Å². The molecule has 0 aliphatic carbocycles. The maximum absolute atomic E-state index is 12.5. The van der Waals surface area contributed by atoms with Crippen molar-refractivity contribution in [2.45, 2.75) is 12.5 Å². The molecule has 0 spiro atoms. The fourth-order valence-electron chi connectivity index (χ4n) is 2.86. The summed E-state index contributed by atoms with van der Waals surface area (Å²) in [5, 5.41) is 0. The molecule has 126 valence electrons. The zero-order valence-electron chi connectivity index (χ0n) is 13.2. The van der Waals surface area contributed by atoms with Crippen molar-refractivity contribution in [3.63, 3.8) is 0 Å². The van der Waals surface area contributed by atoms with Crippen LogP contribution in [0.4, 0.5) is 0 Å². The van der Waals surface area contributed by atoms with Crippen molar-refractivity contribution >= 4 is 15.7 Å². The molecule has 1 aromatic carbocycles. The molecule has 1 aliphatic rings. The van der Waals surface area contributed by atoms with Crippen LogP contribution in [-0.2, 0) is 9.84 Å². The number of rotatable bonds is 3. The molecule has 0 radical (unpaired) electrons. The maximum atomic E-state index is 12.5. The summed E-state index contributed by atoms with van der Waals surface area (Å²) in [4.78, 5) is 28.9. The van der Waals surface area contributed by atoms with E-state index in [1.54, 1.807) is 13.1 Å². The van der Waals surface area contributed by atoms with E-state index in [0.29, 0.717) is 12.1 Å². The van der Waals surface area contributed by atoms with Gasteiger partial charge in [-0.1, -0.05) is 30.3 Å². The Labute approximate surface area is 140 Å². The molecule has 1 atom stereocenters. The number of pyridine rings is 1. The minimum atomic E-state index is -3.09. The fraction of sp³-hybridized carbons (Fsp3) is 0.294. The molecule has 6 nitrogen and oxygen atoms in total. The third-order valence-corrected chi connectivity index (χ3v) is 6.05. The summed E-state index contributed by atoms with van der Waals surface area (Å²) in [7, 11) is -1.55. The van der Waals surface area contributed by atoms with Crippen LogP contribution in [0.15, 0.2) is 47.3 Å². The number of H-pyrrole nitrogens is 1. The number of nitrogens with one attached hydrogen (secondary N) is 1. The van der Waals surface area contributed by atoms with Gasteiger partial charge in [-0.25, -0.2) is 8.42 Å². The molecule has 2 aromatic rings. The molecule has 1 aliphatic heterocycles. The van der Waals surface area contributed by atoms with Crippen molar-refractivity contribution in [3.05, 3.63) is 58.4 Å². The van der Waals surface area contributed by atoms with E-state index < -0.39 is 21.3 Å². The molecule has 1 N–H and O–H groups in total. The van der Waals surface area contributed by atoms with Crippen molar-refractivity contribution in [2.75, 3.05) is 18.6 Å². The monoisotopic (exact) mass is 346 g/mol. The standard InChI is InChI=1S/C17H18N2O4S/c1-19(13-9-10-24(22,23)11-13)17(21)14-7-8-15(18-16(14)20)12-5-3-2-4-6-12/h2-8,13H,9-11H2,1H3,(H,18,20). The molecule has 24 heavy (non-hydrogen) atoms. The number of carbonyl (C=O) groups is 1. The van der Waals surface area contributed by atoms with Gasteiger partial charge in [-0.15, -0.1) is 0 Å². The molecule has 3 rings (SSSR count). The lowest BCUT2D eigenvalue weighted by Gasteiger charge is -2.23. The number of sulfone groups is 1. The second kappa shape index (κ2) is 6.24. The summed E-state index contributed by atoms with van der Waals surface area (Å²) >= 11 is 0. The Bertz CT molecular complexity index is 919. The summed E-state index contributed by atoms with van der Waals surface area (Å²) in [5.41, 5.74) is 1.02. The SMILES string of the molecule is CN(C(=O)c1ccc(-c2ccccc2)[nH]c1=O)C1CCS(=O)(=O)C1. The highest BCUT2D eigenvalue weighted by molar-refractivity contribution is 7.91.